The summed E-state index contributed by atoms with van der Waals surface area (Å²) in [5.74, 6) is 0.571. The van der Waals surface area contributed by atoms with Crippen LogP contribution in [0.4, 0.5) is 13.2 Å². The molecular formula is C9H12ClF3N2O2. The molecule has 1 aromatic rings. The third kappa shape index (κ3) is 5.36. The van der Waals surface area contributed by atoms with Gasteiger partial charge in [0.25, 0.3) is 0 Å². The largest absolute Gasteiger partial charge is 0.411 e. The molecule has 1 heterocycles. The second kappa shape index (κ2) is 6.20. The fourth-order valence-electron chi connectivity index (χ4n) is 1.03. The topological polar surface area (TPSA) is 48.2 Å². The van der Waals surface area contributed by atoms with Crippen molar-refractivity contribution in [3.8, 4) is 0 Å². The van der Waals surface area contributed by atoms with E-state index in [0.717, 1.165) is 0 Å². The lowest BCUT2D eigenvalue weighted by atomic mass is 10.3. The highest BCUT2D eigenvalue weighted by molar-refractivity contribution is 6.20. The van der Waals surface area contributed by atoms with Crippen LogP contribution < -0.4 is 0 Å². The van der Waals surface area contributed by atoms with E-state index in [9.17, 15) is 13.2 Å². The van der Waals surface area contributed by atoms with Crippen molar-refractivity contribution in [2.75, 3.05) is 13.2 Å². The lowest BCUT2D eigenvalue weighted by molar-refractivity contribution is -0.173. The first-order valence-corrected chi connectivity index (χ1v) is 5.47. The van der Waals surface area contributed by atoms with Crippen LogP contribution in [0.5, 0.6) is 0 Å². The van der Waals surface area contributed by atoms with Crippen LogP contribution in [0.1, 0.15) is 30.4 Å². The van der Waals surface area contributed by atoms with E-state index in [4.69, 9.17) is 16.1 Å². The van der Waals surface area contributed by atoms with Gasteiger partial charge in [0, 0.05) is 0 Å². The highest BCUT2D eigenvalue weighted by Gasteiger charge is 2.27. The van der Waals surface area contributed by atoms with Gasteiger partial charge in [-0.3, -0.25) is 0 Å². The molecule has 0 saturated carbocycles. The SMILES string of the molecule is CCC(Cl)c1noc(CCOCC(F)(F)F)n1. The second-order valence-corrected chi connectivity index (χ2v) is 3.87. The van der Waals surface area contributed by atoms with Gasteiger partial charge >= 0.3 is 6.18 Å². The Bertz CT molecular complexity index is 343. The molecule has 0 amide bonds. The molecule has 0 aromatic carbocycles. The lowest BCUT2D eigenvalue weighted by Gasteiger charge is -2.05. The number of hydrogen-bond donors (Lipinski definition) is 0. The van der Waals surface area contributed by atoms with Gasteiger partial charge in [-0.15, -0.1) is 11.6 Å². The van der Waals surface area contributed by atoms with Crippen molar-refractivity contribution < 1.29 is 22.4 Å². The van der Waals surface area contributed by atoms with Crippen LogP contribution in [-0.4, -0.2) is 29.5 Å². The van der Waals surface area contributed by atoms with Crippen molar-refractivity contribution in [3.63, 3.8) is 0 Å². The maximum absolute atomic E-state index is 11.7. The number of ether oxygens (including phenoxy) is 1. The van der Waals surface area contributed by atoms with Gasteiger partial charge in [-0.25, -0.2) is 0 Å². The zero-order valence-corrected chi connectivity index (χ0v) is 9.88. The summed E-state index contributed by atoms with van der Waals surface area (Å²) < 4.78 is 44.5. The average molecular weight is 273 g/mol. The molecule has 98 valence electrons. The molecule has 17 heavy (non-hydrogen) atoms. The smallest absolute Gasteiger partial charge is 0.372 e. The number of rotatable bonds is 6. The molecule has 1 atom stereocenters. The number of alkyl halides is 4. The van der Waals surface area contributed by atoms with E-state index in [1.165, 1.54) is 0 Å². The number of aromatic nitrogens is 2. The van der Waals surface area contributed by atoms with E-state index in [2.05, 4.69) is 14.9 Å². The van der Waals surface area contributed by atoms with Crippen LogP contribution in [-0.2, 0) is 11.2 Å². The molecule has 1 aromatic heterocycles. The average Bonchev–Trinajstić information content (AvgIpc) is 2.70. The number of nitrogens with zero attached hydrogens (tertiary/aromatic N) is 2. The minimum absolute atomic E-state index is 0.125. The Morgan fingerprint density at radius 1 is 1.47 bits per heavy atom. The summed E-state index contributed by atoms with van der Waals surface area (Å²) in [4.78, 5) is 3.94. The molecule has 8 heteroatoms. The maximum Gasteiger partial charge on any atom is 0.411 e. The van der Waals surface area contributed by atoms with Crippen molar-refractivity contribution >= 4 is 11.6 Å². The Balaban J connectivity index is 2.30. The van der Waals surface area contributed by atoms with Crippen molar-refractivity contribution in [1.29, 1.82) is 0 Å². The molecule has 0 spiro atoms. The summed E-state index contributed by atoms with van der Waals surface area (Å²) in [6.45, 7) is 0.460. The fraction of sp³-hybridized carbons (Fsp3) is 0.778. The molecule has 0 N–H and O–H groups in total. The monoisotopic (exact) mass is 272 g/mol. The van der Waals surface area contributed by atoms with Gasteiger partial charge in [0.2, 0.25) is 5.89 Å². The molecule has 0 aliphatic heterocycles. The van der Waals surface area contributed by atoms with Crippen molar-refractivity contribution in [3.05, 3.63) is 11.7 Å². The van der Waals surface area contributed by atoms with E-state index in [-0.39, 0.29) is 24.3 Å². The highest BCUT2D eigenvalue weighted by Crippen LogP contribution is 2.20. The predicted octanol–water partition coefficient (Wildman–Crippen LogP) is 2.88. The standard InChI is InChI=1S/C9H12ClF3N2O2/c1-2-6(10)8-14-7(17-15-8)3-4-16-5-9(11,12)13/h6H,2-5H2,1H3. The lowest BCUT2D eigenvalue weighted by Crippen LogP contribution is -2.18. The first-order chi connectivity index (χ1) is 7.92. The van der Waals surface area contributed by atoms with Gasteiger partial charge < -0.3 is 9.26 Å². The third-order valence-corrected chi connectivity index (χ3v) is 2.35. The second-order valence-electron chi connectivity index (χ2n) is 3.34. The summed E-state index contributed by atoms with van der Waals surface area (Å²) in [6.07, 6.45) is -3.54. The van der Waals surface area contributed by atoms with Gasteiger partial charge in [0.15, 0.2) is 5.82 Å². The Hall–Kier alpha value is -0.820. The molecule has 0 aliphatic carbocycles. The van der Waals surface area contributed by atoms with Crippen LogP contribution in [0.3, 0.4) is 0 Å². The van der Waals surface area contributed by atoms with Gasteiger partial charge in [-0.1, -0.05) is 12.1 Å². The molecule has 0 aliphatic rings. The first-order valence-electron chi connectivity index (χ1n) is 5.03. The van der Waals surface area contributed by atoms with E-state index >= 15 is 0 Å². The van der Waals surface area contributed by atoms with Crippen molar-refractivity contribution in [1.82, 2.24) is 10.1 Å². The molecule has 0 saturated heterocycles. The summed E-state index contributed by atoms with van der Waals surface area (Å²) >= 11 is 5.86. The van der Waals surface area contributed by atoms with Crippen LogP contribution >= 0.6 is 11.6 Å². The molecule has 1 unspecified atom stereocenters. The molecule has 0 fully saturated rings. The Labute approximate surface area is 101 Å². The summed E-state index contributed by atoms with van der Waals surface area (Å²) in [6, 6.07) is 0. The van der Waals surface area contributed by atoms with Gasteiger partial charge in [0.1, 0.15) is 6.61 Å². The molecule has 0 bridgehead atoms. The van der Waals surface area contributed by atoms with Gasteiger partial charge in [-0.05, 0) is 6.42 Å². The zero-order valence-electron chi connectivity index (χ0n) is 9.13. The van der Waals surface area contributed by atoms with E-state index < -0.39 is 12.8 Å². The normalized spacial score (nSPS) is 13.9. The summed E-state index contributed by atoms with van der Waals surface area (Å²) in [7, 11) is 0. The number of halogens is 4. The molecule has 1 rings (SSSR count). The highest BCUT2D eigenvalue weighted by atomic mass is 35.5. The van der Waals surface area contributed by atoms with E-state index in [0.29, 0.717) is 12.2 Å². The summed E-state index contributed by atoms with van der Waals surface area (Å²) in [5.41, 5.74) is 0. The summed E-state index contributed by atoms with van der Waals surface area (Å²) in [5, 5.41) is 3.27. The molecular weight excluding hydrogens is 261 g/mol. The predicted molar refractivity (Wildman–Crippen MR) is 53.8 cm³/mol. The van der Waals surface area contributed by atoms with Crippen LogP contribution in [0.25, 0.3) is 0 Å². The van der Waals surface area contributed by atoms with Gasteiger partial charge in [-0.2, -0.15) is 18.2 Å². The first kappa shape index (κ1) is 14.2. The van der Waals surface area contributed by atoms with Crippen molar-refractivity contribution in [2.45, 2.75) is 31.3 Å². The van der Waals surface area contributed by atoms with Crippen LogP contribution in [0.15, 0.2) is 4.52 Å². The van der Waals surface area contributed by atoms with E-state index in [1.54, 1.807) is 0 Å². The minimum Gasteiger partial charge on any atom is -0.372 e. The fourth-order valence-corrected chi connectivity index (χ4v) is 1.12. The Morgan fingerprint density at radius 2 is 2.18 bits per heavy atom. The quantitative estimate of drug-likeness (QED) is 0.590. The van der Waals surface area contributed by atoms with Gasteiger partial charge in [0.05, 0.1) is 18.4 Å². The van der Waals surface area contributed by atoms with E-state index in [1.807, 2.05) is 6.92 Å². The molecule has 4 nitrogen and oxygen atoms in total. The van der Waals surface area contributed by atoms with Crippen LogP contribution in [0, 0.1) is 0 Å². The minimum atomic E-state index is -4.32. The third-order valence-electron chi connectivity index (χ3n) is 1.85. The Morgan fingerprint density at radius 3 is 2.76 bits per heavy atom. The number of hydrogen-bond acceptors (Lipinski definition) is 4. The maximum atomic E-state index is 11.7. The Kier molecular flexibility index (Phi) is 5.20. The van der Waals surface area contributed by atoms with Crippen molar-refractivity contribution in [2.24, 2.45) is 0 Å². The zero-order chi connectivity index (χ0) is 12.9. The van der Waals surface area contributed by atoms with Crippen LogP contribution in [0.2, 0.25) is 0 Å². The molecule has 0 radical (unpaired) electrons.